The molecule has 0 unspecified atom stereocenters. The van der Waals surface area contributed by atoms with Gasteiger partial charge in [0.2, 0.25) is 5.56 Å². The van der Waals surface area contributed by atoms with E-state index in [9.17, 15) is 9.59 Å². The summed E-state index contributed by atoms with van der Waals surface area (Å²) >= 11 is 3.38. The Kier molecular flexibility index (Phi) is 4.12. The van der Waals surface area contributed by atoms with Crippen molar-refractivity contribution in [3.8, 4) is 5.69 Å². The third-order valence-electron chi connectivity index (χ3n) is 3.28. The van der Waals surface area contributed by atoms with Crippen LogP contribution in [0.4, 0.5) is 5.69 Å². The predicted octanol–water partition coefficient (Wildman–Crippen LogP) is 2.59. The molecule has 6 nitrogen and oxygen atoms in total. The first-order chi connectivity index (χ1) is 11.0. The van der Waals surface area contributed by atoms with Crippen molar-refractivity contribution in [2.24, 2.45) is 7.05 Å². The molecular weight excluding hydrogens is 360 g/mol. The molecule has 23 heavy (non-hydrogen) atoms. The molecule has 1 N–H and O–H groups in total. The second kappa shape index (κ2) is 6.21. The van der Waals surface area contributed by atoms with Crippen molar-refractivity contribution in [1.29, 1.82) is 0 Å². The molecule has 0 fully saturated rings. The number of anilines is 1. The molecule has 0 saturated heterocycles. The number of hydrogen-bond donors (Lipinski definition) is 1. The molecule has 3 rings (SSSR count). The molecule has 0 aliphatic rings. The van der Waals surface area contributed by atoms with Gasteiger partial charge in [-0.1, -0.05) is 15.9 Å². The average Bonchev–Trinajstić information content (AvgIpc) is 3.02. The summed E-state index contributed by atoms with van der Waals surface area (Å²) in [4.78, 5) is 23.6. The van der Waals surface area contributed by atoms with Gasteiger partial charge in [-0.3, -0.25) is 9.59 Å². The maximum Gasteiger partial charge on any atom is 0.258 e. The largest absolute Gasteiger partial charge is 0.321 e. The van der Waals surface area contributed by atoms with Crippen molar-refractivity contribution < 1.29 is 4.79 Å². The number of hydrogen-bond acceptors (Lipinski definition) is 3. The first-order valence-electron chi connectivity index (χ1n) is 6.81. The second-order valence-corrected chi connectivity index (χ2v) is 5.89. The summed E-state index contributed by atoms with van der Waals surface area (Å²) in [6.07, 6.45) is 4.72. The third-order valence-corrected chi connectivity index (χ3v) is 3.81. The number of rotatable bonds is 3. The van der Waals surface area contributed by atoms with Crippen LogP contribution in [0.3, 0.4) is 0 Å². The van der Waals surface area contributed by atoms with Crippen molar-refractivity contribution in [3.05, 3.63) is 75.4 Å². The van der Waals surface area contributed by atoms with E-state index in [0.29, 0.717) is 11.3 Å². The van der Waals surface area contributed by atoms with Gasteiger partial charge in [-0.2, -0.15) is 5.10 Å². The Labute approximate surface area is 140 Å². The van der Waals surface area contributed by atoms with Gasteiger partial charge in [0.05, 0.1) is 23.1 Å². The molecule has 3 aromatic rings. The van der Waals surface area contributed by atoms with Crippen molar-refractivity contribution in [2.45, 2.75) is 0 Å². The van der Waals surface area contributed by atoms with Crippen LogP contribution in [0.2, 0.25) is 0 Å². The van der Waals surface area contributed by atoms with Gasteiger partial charge in [0, 0.05) is 30.0 Å². The molecule has 0 radical (unpaired) electrons. The van der Waals surface area contributed by atoms with E-state index in [1.165, 1.54) is 16.8 Å². The highest BCUT2D eigenvalue weighted by molar-refractivity contribution is 9.10. The number of aryl methyl sites for hydroxylation is 1. The summed E-state index contributed by atoms with van der Waals surface area (Å²) in [6, 6.07) is 10.6. The van der Waals surface area contributed by atoms with E-state index in [2.05, 4.69) is 26.3 Å². The molecule has 2 heterocycles. The highest BCUT2D eigenvalue weighted by Gasteiger charge is 2.10. The number of halogens is 1. The standard InChI is InChI=1S/C16H13BrN4O2/c1-20-10-13(4-7-15(20)22)19-16(23)11-8-18-21(9-11)14-5-2-12(17)3-6-14/h2-10H,1H3,(H,19,23). The van der Waals surface area contributed by atoms with E-state index >= 15 is 0 Å². The molecular formula is C16H13BrN4O2. The number of pyridine rings is 1. The lowest BCUT2D eigenvalue weighted by atomic mass is 10.3. The van der Waals surface area contributed by atoms with Crippen LogP contribution in [-0.2, 0) is 7.05 Å². The Bertz CT molecular complexity index is 912. The fraction of sp³-hybridized carbons (Fsp3) is 0.0625. The Morgan fingerprint density at radius 1 is 1.13 bits per heavy atom. The molecule has 7 heteroatoms. The summed E-state index contributed by atoms with van der Waals surface area (Å²) < 4.78 is 4.00. The predicted molar refractivity (Wildman–Crippen MR) is 90.9 cm³/mol. The van der Waals surface area contributed by atoms with Gasteiger partial charge >= 0.3 is 0 Å². The minimum absolute atomic E-state index is 0.133. The Morgan fingerprint density at radius 2 is 1.87 bits per heavy atom. The fourth-order valence-corrected chi connectivity index (χ4v) is 2.31. The smallest absolute Gasteiger partial charge is 0.258 e. The third kappa shape index (κ3) is 3.40. The van der Waals surface area contributed by atoms with Gasteiger partial charge in [0.25, 0.3) is 5.91 Å². The van der Waals surface area contributed by atoms with Crippen molar-refractivity contribution in [1.82, 2.24) is 14.3 Å². The van der Waals surface area contributed by atoms with E-state index in [-0.39, 0.29) is 11.5 Å². The molecule has 2 aromatic heterocycles. The minimum atomic E-state index is -0.285. The Balaban J connectivity index is 1.79. The lowest BCUT2D eigenvalue weighted by Gasteiger charge is -2.05. The summed E-state index contributed by atoms with van der Waals surface area (Å²) in [5, 5.41) is 6.94. The number of nitrogens with zero attached hydrogens (tertiary/aromatic N) is 3. The summed E-state index contributed by atoms with van der Waals surface area (Å²) in [7, 11) is 1.63. The van der Waals surface area contributed by atoms with E-state index < -0.39 is 0 Å². The normalized spacial score (nSPS) is 10.5. The molecule has 0 saturated carbocycles. The van der Waals surface area contributed by atoms with Gasteiger partial charge in [-0.05, 0) is 30.3 Å². The van der Waals surface area contributed by atoms with Crippen molar-refractivity contribution in [3.63, 3.8) is 0 Å². The van der Waals surface area contributed by atoms with E-state index in [1.54, 1.807) is 30.2 Å². The van der Waals surface area contributed by atoms with Gasteiger partial charge in [0.1, 0.15) is 0 Å². The molecule has 1 aromatic carbocycles. The number of carbonyl (C=O) groups is 1. The van der Waals surface area contributed by atoms with Crippen molar-refractivity contribution in [2.75, 3.05) is 5.32 Å². The Hall–Kier alpha value is -2.67. The zero-order chi connectivity index (χ0) is 16.4. The number of aromatic nitrogens is 3. The second-order valence-electron chi connectivity index (χ2n) is 4.97. The van der Waals surface area contributed by atoms with E-state index in [1.807, 2.05) is 24.3 Å². The molecule has 116 valence electrons. The van der Waals surface area contributed by atoms with Gasteiger partial charge in [0.15, 0.2) is 0 Å². The quantitative estimate of drug-likeness (QED) is 0.767. The van der Waals surface area contributed by atoms with Gasteiger partial charge in [-0.25, -0.2) is 4.68 Å². The van der Waals surface area contributed by atoms with Crippen LogP contribution >= 0.6 is 15.9 Å². The summed E-state index contributed by atoms with van der Waals surface area (Å²) in [5.74, 6) is -0.285. The maximum absolute atomic E-state index is 12.2. The lowest BCUT2D eigenvalue weighted by Crippen LogP contribution is -2.17. The Morgan fingerprint density at radius 3 is 2.57 bits per heavy atom. The van der Waals surface area contributed by atoms with Crippen molar-refractivity contribution >= 4 is 27.5 Å². The van der Waals surface area contributed by atoms with Crippen LogP contribution in [-0.4, -0.2) is 20.3 Å². The monoisotopic (exact) mass is 372 g/mol. The highest BCUT2D eigenvalue weighted by Crippen LogP contribution is 2.14. The molecule has 0 aliphatic carbocycles. The number of nitrogens with one attached hydrogen (secondary N) is 1. The highest BCUT2D eigenvalue weighted by atomic mass is 79.9. The average molecular weight is 373 g/mol. The van der Waals surface area contributed by atoms with Crippen LogP contribution in [0.25, 0.3) is 5.69 Å². The fourth-order valence-electron chi connectivity index (χ4n) is 2.05. The van der Waals surface area contributed by atoms with Crippen LogP contribution < -0.4 is 10.9 Å². The minimum Gasteiger partial charge on any atom is -0.321 e. The van der Waals surface area contributed by atoms with Gasteiger partial charge in [-0.15, -0.1) is 0 Å². The van der Waals surface area contributed by atoms with Crippen LogP contribution in [0.1, 0.15) is 10.4 Å². The number of carbonyl (C=O) groups excluding carboxylic acids is 1. The van der Waals surface area contributed by atoms with E-state index in [4.69, 9.17) is 0 Å². The van der Waals surface area contributed by atoms with Gasteiger partial charge < -0.3 is 9.88 Å². The zero-order valence-electron chi connectivity index (χ0n) is 12.2. The molecule has 0 spiro atoms. The molecule has 0 aliphatic heterocycles. The first kappa shape index (κ1) is 15.2. The maximum atomic E-state index is 12.2. The lowest BCUT2D eigenvalue weighted by molar-refractivity contribution is 0.102. The van der Waals surface area contributed by atoms with Crippen LogP contribution in [0, 0.1) is 0 Å². The van der Waals surface area contributed by atoms with Crippen LogP contribution in [0.15, 0.2) is 64.3 Å². The first-order valence-corrected chi connectivity index (χ1v) is 7.61. The number of amides is 1. The van der Waals surface area contributed by atoms with E-state index in [0.717, 1.165) is 10.2 Å². The molecule has 0 atom stereocenters. The zero-order valence-corrected chi connectivity index (χ0v) is 13.8. The molecule has 1 amide bonds. The van der Waals surface area contributed by atoms with Crippen LogP contribution in [0.5, 0.6) is 0 Å². The number of benzene rings is 1. The SMILES string of the molecule is Cn1cc(NC(=O)c2cnn(-c3ccc(Br)cc3)c2)ccc1=O. The summed E-state index contributed by atoms with van der Waals surface area (Å²) in [6.45, 7) is 0. The topological polar surface area (TPSA) is 68.9 Å². The summed E-state index contributed by atoms with van der Waals surface area (Å²) in [5.41, 5.74) is 1.70. The molecule has 0 bridgehead atoms.